The van der Waals surface area contributed by atoms with E-state index in [1.807, 2.05) is 25.1 Å². The molecule has 0 aliphatic heterocycles. The smallest absolute Gasteiger partial charge is 0.192 e. The predicted octanol–water partition coefficient (Wildman–Crippen LogP) is 4.02. The number of ether oxygens (including phenoxy) is 1. The third-order valence-corrected chi connectivity index (χ3v) is 2.99. The molecular formula is C16H15NO2. The Balaban J connectivity index is 1.75. The summed E-state index contributed by atoms with van der Waals surface area (Å²) in [4.78, 5) is 4.26. The molecule has 2 aromatic carbocycles. The van der Waals surface area contributed by atoms with Crippen LogP contribution in [0.25, 0.3) is 11.1 Å². The third kappa shape index (κ3) is 2.60. The molecule has 96 valence electrons. The van der Waals surface area contributed by atoms with Crippen molar-refractivity contribution in [3.8, 4) is 5.75 Å². The first-order valence-corrected chi connectivity index (χ1v) is 6.26. The van der Waals surface area contributed by atoms with E-state index in [-0.39, 0.29) is 0 Å². The highest BCUT2D eigenvalue weighted by molar-refractivity contribution is 5.74. The zero-order valence-corrected chi connectivity index (χ0v) is 11.0. The maximum atomic E-state index is 5.76. The number of benzene rings is 2. The van der Waals surface area contributed by atoms with E-state index in [0.29, 0.717) is 12.5 Å². The van der Waals surface area contributed by atoms with Gasteiger partial charge in [0.1, 0.15) is 17.9 Å². The second-order valence-electron chi connectivity index (χ2n) is 4.64. The molecule has 3 rings (SSSR count). The molecule has 0 amide bonds. The predicted molar refractivity (Wildman–Crippen MR) is 74.3 cm³/mol. The van der Waals surface area contributed by atoms with Gasteiger partial charge in [-0.1, -0.05) is 29.8 Å². The van der Waals surface area contributed by atoms with Gasteiger partial charge >= 0.3 is 0 Å². The van der Waals surface area contributed by atoms with Crippen LogP contribution in [-0.2, 0) is 6.61 Å². The zero-order valence-electron chi connectivity index (χ0n) is 11.0. The molecule has 3 heteroatoms. The van der Waals surface area contributed by atoms with Crippen LogP contribution in [0.4, 0.5) is 0 Å². The van der Waals surface area contributed by atoms with Gasteiger partial charge in [0.25, 0.3) is 0 Å². The number of hydrogen-bond acceptors (Lipinski definition) is 3. The Hall–Kier alpha value is -2.29. The van der Waals surface area contributed by atoms with E-state index in [1.165, 1.54) is 5.56 Å². The fraction of sp³-hybridized carbons (Fsp3) is 0.188. The molecule has 0 bridgehead atoms. The number of aryl methyl sites for hydroxylation is 2. The number of nitrogens with zero attached hydrogens (tertiary/aromatic N) is 1. The molecule has 3 nitrogen and oxygen atoms in total. The number of rotatable bonds is 3. The van der Waals surface area contributed by atoms with Crippen molar-refractivity contribution >= 4 is 11.1 Å². The molecule has 1 aromatic heterocycles. The Bertz CT molecular complexity index is 698. The summed E-state index contributed by atoms with van der Waals surface area (Å²) in [6.45, 7) is 4.47. The monoisotopic (exact) mass is 253 g/mol. The summed E-state index contributed by atoms with van der Waals surface area (Å²) in [5, 5.41) is 0. The minimum atomic E-state index is 0.554. The van der Waals surface area contributed by atoms with Crippen molar-refractivity contribution in [1.82, 2.24) is 4.98 Å². The van der Waals surface area contributed by atoms with Gasteiger partial charge in [-0.15, -0.1) is 0 Å². The minimum absolute atomic E-state index is 0.554. The Morgan fingerprint density at radius 1 is 1.05 bits per heavy atom. The summed E-state index contributed by atoms with van der Waals surface area (Å²) in [5.74, 6) is 1.47. The number of aromatic nitrogens is 1. The highest BCUT2D eigenvalue weighted by atomic mass is 16.5. The summed E-state index contributed by atoms with van der Waals surface area (Å²) in [7, 11) is 0. The Morgan fingerprint density at radius 2 is 1.84 bits per heavy atom. The van der Waals surface area contributed by atoms with Gasteiger partial charge in [0.05, 0.1) is 0 Å². The number of fused-ring (bicyclic) bond motifs is 1. The Morgan fingerprint density at radius 3 is 2.63 bits per heavy atom. The second kappa shape index (κ2) is 4.76. The maximum Gasteiger partial charge on any atom is 0.192 e. The molecule has 0 N–H and O–H groups in total. The van der Waals surface area contributed by atoms with Gasteiger partial charge in [-0.2, -0.15) is 0 Å². The van der Waals surface area contributed by atoms with E-state index in [2.05, 4.69) is 36.2 Å². The molecule has 0 fully saturated rings. The largest absolute Gasteiger partial charge is 0.489 e. The molecule has 19 heavy (non-hydrogen) atoms. The zero-order chi connectivity index (χ0) is 13.2. The van der Waals surface area contributed by atoms with E-state index in [1.54, 1.807) is 0 Å². The van der Waals surface area contributed by atoms with E-state index in [4.69, 9.17) is 9.15 Å². The molecule has 0 unspecified atom stereocenters. The Kier molecular flexibility index (Phi) is 2.95. The van der Waals surface area contributed by atoms with Crippen LogP contribution >= 0.6 is 0 Å². The van der Waals surface area contributed by atoms with Crippen molar-refractivity contribution in [3.05, 3.63) is 59.5 Å². The molecule has 0 aliphatic carbocycles. The summed E-state index contributed by atoms with van der Waals surface area (Å²) in [6, 6.07) is 14.0. The van der Waals surface area contributed by atoms with E-state index >= 15 is 0 Å². The molecular weight excluding hydrogens is 238 g/mol. The highest BCUT2D eigenvalue weighted by Crippen LogP contribution is 2.22. The standard InChI is InChI=1S/C16H15NO2/c1-11-3-5-13(6-4-11)10-18-14-7-8-15-16(9-14)19-12(2)17-15/h3-9H,10H2,1-2H3. The normalized spacial score (nSPS) is 10.8. The van der Waals surface area contributed by atoms with Gasteiger partial charge in [0, 0.05) is 13.0 Å². The molecule has 0 radical (unpaired) electrons. The lowest BCUT2D eigenvalue weighted by atomic mass is 10.2. The summed E-state index contributed by atoms with van der Waals surface area (Å²) in [6.07, 6.45) is 0. The lowest BCUT2D eigenvalue weighted by Crippen LogP contribution is -1.95. The molecule has 0 aliphatic rings. The molecule has 1 heterocycles. The van der Waals surface area contributed by atoms with Crippen LogP contribution in [0.2, 0.25) is 0 Å². The van der Waals surface area contributed by atoms with Crippen molar-refractivity contribution < 1.29 is 9.15 Å². The van der Waals surface area contributed by atoms with Gasteiger partial charge in [-0.05, 0) is 24.6 Å². The second-order valence-corrected chi connectivity index (χ2v) is 4.64. The van der Waals surface area contributed by atoms with Crippen molar-refractivity contribution in [3.63, 3.8) is 0 Å². The van der Waals surface area contributed by atoms with Gasteiger partial charge in [0.15, 0.2) is 11.5 Å². The van der Waals surface area contributed by atoms with Crippen molar-refractivity contribution in [2.45, 2.75) is 20.5 Å². The van der Waals surface area contributed by atoms with Crippen LogP contribution < -0.4 is 4.74 Å². The SMILES string of the molecule is Cc1ccc(COc2ccc3nc(C)oc3c2)cc1. The first kappa shape index (κ1) is 11.8. The quantitative estimate of drug-likeness (QED) is 0.707. The van der Waals surface area contributed by atoms with Gasteiger partial charge in [0.2, 0.25) is 0 Å². The topological polar surface area (TPSA) is 35.3 Å². The van der Waals surface area contributed by atoms with E-state index < -0.39 is 0 Å². The maximum absolute atomic E-state index is 5.76. The summed E-state index contributed by atoms with van der Waals surface area (Å²) in [5.41, 5.74) is 4.03. The lowest BCUT2D eigenvalue weighted by Gasteiger charge is -2.06. The molecule has 0 saturated heterocycles. The fourth-order valence-corrected chi connectivity index (χ4v) is 1.96. The Labute approximate surface area is 111 Å². The number of oxazole rings is 1. The first-order chi connectivity index (χ1) is 9.20. The van der Waals surface area contributed by atoms with Crippen molar-refractivity contribution in [1.29, 1.82) is 0 Å². The van der Waals surface area contributed by atoms with Crippen LogP contribution in [0.5, 0.6) is 5.75 Å². The van der Waals surface area contributed by atoms with Crippen molar-refractivity contribution in [2.75, 3.05) is 0 Å². The first-order valence-electron chi connectivity index (χ1n) is 6.26. The van der Waals surface area contributed by atoms with E-state index in [0.717, 1.165) is 22.4 Å². The summed E-state index contributed by atoms with van der Waals surface area (Å²) < 4.78 is 11.2. The molecule has 0 spiro atoms. The average molecular weight is 253 g/mol. The van der Waals surface area contributed by atoms with Crippen LogP contribution in [-0.4, -0.2) is 4.98 Å². The molecule has 0 saturated carbocycles. The van der Waals surface area contributed by atoms with Gasteiger partial charge < -0.3 is 9.15 Å². The van der Waals surface area contributed by atoms with Gasteiger partial charge in [-0.25, -0.2) is 4.98 Å². The van der Waals surface area contributed by atoms with Crippen LogP contribution in [0.3, 0.4) is 0 Å². The van der Waals surface area contributed by atoms with Crippen LogP contribution in [0.1, 0.15) is 17.0 Å². The average Bonchev–Trinajstić information content (AvgIpc) is 2.77. The fourth-order valence-electron chi connectivity index (χ4n) is 1.96. The molecule has 0 atom stereocenters. The highest BCUT2D eigenvalue weighted by Gasteiger charge is 2.04. The number of hydrogen-bond donors (Lipinski definition) is 0. The van der Waals surface area contributed by atoms with Gasteiger partial charge in [-0.3, -0.25) is 0 Å². The third-order valence-electron chi connectivity index (χ3n) is 2.99. The lowest BCUT2D eigenvalue weighted by molar-refractivity contribution is 0.306. The minimum Gasteiger partial charge on any atom is -0.489 e. The van der Waals surface area contributed by atoms with Crippen LogP contribution in [0, 0.1) is 13.8 Å². The van der Waals surface area contributed by atoms with Crippen LogP contribution in [0.15, 0.2) is 46.9 Å². The molecule has 3 aromatic rings. The summed E-state index contributed by atoms with van der Waals surface area (Å²) >= 11 is 0. The van der Waals surface area contributed by atoms with E-state index in [9.17, 15) is 0 Å². The van der Waals surface area contributed by atoms with Crippen molar-refractivity contribution in [2.24, 2.45) is 0 Å².